The van der Waals surface area contributed by atoms with E-state index in [1.807, 2.05) is 6.79 Å². The van der Waals surface area contributed by atoms with E-state index in [9.17, 15) is 0 Å². The summed E-state index contributed by atoms with van der Waals surface area (Å²) in [5.74, 6) is 0. The van der Waals surface area contributed by atoms with Crippen LogP contribution in [0.3, 0.4) is 0 Å². The van der Waals surface area contributed by atoms with Gasteiger partial charge >= 0.3 is 80.9 Å². The van der Waals surface area contributed by atoms with Crippen LogP contribution in [0.1, 0.15) is 2.85 Å². The van der Waals surface area contributed by atoms with Crippen LogP contribution in [0, 0.1) is 0 Å². The molecule has 0 amide bonds. The van der Waals surface area contributed by atoms with Gasteiger partial charge in [0.15, 0.2) is 0 Å². The van der Waals surface area contributed by atoms with Gasteiger partial charge in [-0.05, 0) is 0 Å². The van der Waals surface area contributed by atoms with Gasteiger partial charge in [-0.15, -0.1) is 0 Å². The van der Waals surface area contributed by atoms with E-state index in [0.717, 1.165) is 0 Å². The molecule has 4 heavy (non-hydrogen) atoms. The van der Waals surface area contributed by atoms with Crippen LogP contribution in [0.25, 0.3) is 0 Å². The van der Waals surface area contributed by atoms with Crippen LogP contribution < -0.4 is 80.9 Å². The Morgan fingerprint density at radius 1 is 1.50 bits per heavy atom. The minimum absolute atomic E-state index is 0. The van der Waals surface area contributed by atoms with Gasteiger partial charge in [0.1, 0.15) is 6.79 Å². The average Bonchev–Trinajstić information content (AvgIpc) is 1.00. The quantitative estimate of drug-likeness (QED) is 0.273. The summed E-state index contributed by atoms with van der Waals surface area (Å²) in [6.45, 7) is 2.00. The molecule has 0 fully saturated rings. The number of carbonyl (C=O) groups is 1. The van der Waals surface area contributed by atoms with Crippen molar-refractivity contribution in [3.05, 3.63) is 0 Å². The maximum Gasteiger partial charge on any atom is 1.00 e. The van der Waals surface area contributed by atoms with E-state index in [2.05, 4.69) is 0 Å². The van der Waals surface area contributed by atoms with E-state index < -0.39 is 0 Å². The Morgan fingerprint density at radius 2 is 1.50 bits per heavy atom. The maximum absolute atomic E-state index is 8.00. The molecule has 3 heteroatoms. The molecule has 0 aliphatic carbocycles. The van der Waals surface area contributed by atoms with Crippen molar-refractivity contribution in [2.45, 2.75) is 0 Å². The number of rotatable bonds is 0. The summed E-state index contributed by atoms with van der Waals surface area (Å²) in [4.78, 5) is 8.00. The SMILES string of the molecule is C=O.[H-].[H-].[K+].[Na+]. The van der Waals surface area contributed by atoms with Crippen molar-refractivity contribution in [1.82, 2.24) is 0 Å². The van der Waals surface area contributed by atoms with Gasteiger partial charge in [0.2, 0.25) is 0 Å². The van der Waals surface area contributed by atoms with Crippen molar-refractivity contribution in [1.29, 1.82) is 0 Å². The first-order valence-electron chi connectivity index (χ1n) is 0.289. The van der Waals surface area contributed by atoms with E-state index in [-0.39, 0.29) is 83.8 Å². The van der Waals surface area contributed by atoms with Gasteiger partial charge in [0, 0.05) is 0 Å². The standard InChI is InChI=1S/CH2O.K.Na.2H/c1-2;;;;/h1H2;;;;/q;2*+1;2*-1. The predicted molar refractivity (Wildman–Crippen MR) is 9.35 cm³/mol. The molecule has 0 radical (unpaired) electrons. The second-order valence-corrected chi connectivity index (χ2v) is 0. The molecule has 16 valence electrons. The second-order valence-electron chi connectivity index (χ2n) is 0. The molecule has 0 heterocycles. The number of hydrogen-bond acceptors (Lipinski definition) is 1. The van der Waals surface area contributed by atoms with Crippen molar-refractivity contribution in [2.75, 3.05) is 0 Å². The van der Waals surface area contributed by atoms with Gasteiger partial charge in [-0.2, -0.15) is 0 Å². The van der Waals surface area contributed by atoms with E-state index in [0.29, 0.717) is 0 Å². The minimum Gasteiger partial charge on any atom is -1.00 e. The summed E-state index contributed by atoms with van der Waals surface area (Å²) in [5.41, 5.74) is 0. The summed E-state index contributed by atoms with van der Waals surface area (Å²) >= 11 is 0. The summed E-state index contributed by atoms with van der Waals surface area (Å²) in [5, 5.41) is 0. The zero-order valence-corrected chi connectivity index (χ0v) is 8.24. The van der Waals surface area contributed by atoms with Crippen LogP contribution in [-0.2, 0) is 4.79 Å². The fourth-order valence-electron chi connectivity index (χ4n) is 0. The summed E-state index contributed by atoms with van der Waals surface area (Å²) in [7, 11) is 0. The minimum atomic E-state index is 0. The molecule has 0 rings (SSSR count). The second kappa shape index (κ2) is 18.5. The molecule has 1 nitrogen and oxygen atoms in total. The molecule has 0 atom stereocenters. The summed E-state index contributed by atoms with van der Waals surface area (Å²) in [6.07, 6.45) is 0. The van der Waals surface area contributed by atoms with Crippen LogP contribution in [0.5, 0.6) is 0 Å². The van der Waals surface area contributed by atoms with E-state index >= 15 is 0 Å². The number of hydrogen-bond donors (Lipinski definition) is 0. The topological polar surface area (TPSA) is 17.1 Å². The average molecular weight is 94.1 g/mol. The van der Waals surface area contributed by atoms with Crippen molar-refractivity contribution in [3.63, 3.8) is 0 Å². The van der Waals surface area contributed by atoms with Crippen LogP contribution >= 0.6 is 0 Å². The molecular formula is CH4KNaO. The van der Waals surface area contributed by atoms with Crippen molar-refractivity contribution < 1.29 is 88.6 Å². The molecule has 0 unspecified atom stereocenters. The van der Waals surface area contributed by atoms with E-state index in [1.165, 1.54) is 0 Å². The molecule has 0 aliphatic heterocycles. The van der Waals surface area contributed by atoms with Crippen LogP contribution in [-0.4, -0.2) is 6.79 Å². The van der Waals surface area contributed by atoms with Crippen LogP contribution in [0.4, 0.5) is 0 Å². The molecule has 0 saturated heterocycles. The van der Waals surface area contributed by atoms with Gasteiger partial charge in [0.25, 0.3) is 0 Å². The van der Waals surface area contributed by atoms with Crippen LogP contribution in [0.15, 0.2) is 0 Å². The molecule has 0 aromatic heterocycles. The first-order chi connectivity index (χ1) is 1.00. The Morgan fingerprint density at radius 3 is 1.50 bits per heavy atom. The van der Waals surface area contributed by atoms with Gasteiger partial charge in [-0.1, -0.05) is 0 Å². The Hall–Kier alpha value is 2.31. The van der Waals surface area contributed by atoms with Crippen LogP contribution in [0.2, 0.25) is 0 Å². The van der Waals surface area contributed by atoms with E-state index in [4.69, 9.17) is 4.79 Å². The number of carbonyl (C=O) groups excluding carboxylic acids is 1. The van der Waals surface area contributed by atoms with Gasteiger partial charge < -0.3 is 7.65 Å². The van der Waals surface area contributed by atoms with Crippen molar-refractivity contribution in [3.8, 4) is 0 Å². The predicted octanol–water partition coefficient (Wildman–Crippen LogP) is -5.95. The summed E-state index contributed by atoms with van der Waals surface area (Å²) < 4.78 is 0. The Bertz CT molecular complexity index is 13.5. The van der Waals surface area contributed by atoms with Crippen molar-refractivity contribution in [2.24, 2.45) is 0 Å². The summed E-state index contributed by atoms with van der Waals surface area (Å²) in [6, 6.07) is 0. The maximum atomic E-state index is 8.00. The first kappa shape index (κ1) is 16.2. The zero-order valence-electron chi connectivity index (χ0n) is 5.12. The third kappa shape index (κ3) is 8.85. The fraction of sp³-hybridized carbons (Fsp3) is 0. The molecule has 0 aromatic carbocycles. The molecule has 0 spiro atoms. The first-order valence-corrected chi connectivity index (χ1v) is 0.289. The Kier molecular flexibility index (Phi) is 75.1. The molecule has 0 bridgehead atoms. The third-order valence-electron chi connectivity index (χ3n) is 0. The Labute approximate surface area is 93.2 Å². The normalized spacial score (nSPS) is 1.00. The van der Waals surface area contributed by atoms with Gasteiger partial charge in [0.05, 0.1) is 0 Å². The Balaban J connectivity index is -0.000000000833. The van der Waals surface area contributed by atoms with Gasteiger partial charge in [-0.3, -0.25) is 0 Å². The molecular weight excluding hydrogens is 90.1 g/mol. The largest absolute Gasteiger partial charge is 1.00 e. The molecule has 0 saturated carbocycles. The molecule has 0 N–H and O–H groups in total. The van der Waals surface area contributed by atoms with E-state index in [1.54, 1.807) is 0 Å². The third-order valence-corrected chi connectivity index (χ3v) is 0. The van der Waals surface area contributed by atoms with Crippen molar-refractivity contribution >= 4 is 6.79 Å². The zero-order chi connectivity index (χ0) is 2.00. The molecule has 0 aromatic rings. The fourth-order valence-corrected chi connectivity index (χ4v) is 0. The van der Waals surface area contributed by atoms with Gasteiger partial charge in [-0.25, -0.2) is 0 Å². The smallest absolute Gasteiger partial charge is 1.00 e. The monoisotopic (exact) mass is 94.0 g/mol. The molecule has 0 aliphatic rings.